The van der Waals surface area contributed by atoms with Crippen molar-refractivity contribution < 1.29 is 9.50 Å². The van der Waals surface area contributed by atoms with E-state index in [0.29, 0.717) is 5.56 Å². The van der Waals surface area contributed by atoms with Crippen molar-refractivity contribution >= 4 is 0 Å². The van der Waals surface area contributed by atoms with Crippen molar-refractivity contribution in [3.8, 4) is 16.9 Å². The number of halogens is 1. The second-order valence-corrected chi connectivity index (χ2v) is 3.53. The van der Waals surface area contributed by atoms with Crippen LogP contribution in [0.4, 0.5) is 4.39 Å². The molecule has 0 saturated heterocycles. The maximum absolute atomic E-state index is 13.0. The fraction of sp³-hybridized carbons (Fsp3) is 0.0769. The zero-order valence-corrected chi connectivity index (χ0v) is 8.37. The van der Waals surface area contributed by atoms with Crippen molar-refractivity contribution in [2.45, 2.75) is 6.92 Å². The molecule has 0 unspecified atom stereocenters. The molecule has 2 aromatic rings. The first-order valence-electron chi connectivity index (χ1n) is 4.72. The van der Waals surface area contributed by atoms with Gasteiger partial charge in [-0.1, -0.05) is 29.8 Å². The Morgan fingerprint density at radius 1 is 1.07 bits per heavy atom. The quantitative estimate of drug-likeness (QED) is 0.750. The van der Waals surface area contributed by atoms with Crippen molar-refractivity contribution in [1.82, 2.24) is 0 Å². The molecule has 2 heteroatoms. The van der Waals surface area contributed by atoms with E-state index in [2.05, 4.69) is 0 Å². The first-order chi connectivity index (χ1) is 7.16. The van der Waals surface area contributed by atoms with Crippen LogP contribution in [-0.4, -0.2) is 5.11 Å². The van der Waals surface area contributed by atoms with E-state index in [9.17, 15) is 9.50 Å². The maximum atomic E-state index is 13.0. The van der Waals surface area contributed by atoms with Crippen LogP contribution >= 0.6 is 0 Å². The predicted molar refractivity (Wildman–Crippen MR) is 58.2 cm³/mol. The van der Waals surface area contributed by atoms with Gasteiger partial charge in [0.2, 0.25) is 0 Å². The third kappa shape index (κ3) is 1.99. The van der Waals surface area contributed by atoms with Crippen LogP contribution in [0.2, 0.25) is 0 Å². The average Bonchev–Trinajstić information content (AvgIpc) is 2.22. The summed E-state index contributed by atoms with van der Waals surface area (Å²) in [5.41, 5.74) is 2.43. The highest BCUT2D eigenvalue weighted by molar-refractivity contribution is 5.70. The van der Waals surface area contributed by atoms with Gasteiger partial charge in [0.1, 0.15) is 11.6 Å². The molecule has 1 nitrogen and oxygen atoms in total. The second kappa shape index (κ2) is 3.73. The summed E-state index contributed by atoms with van der Waals surface area (Å²) >= 11 is 0. The van der Waals surface area contributed by atoms with E-state index in [1.165, 1.54) is 18.2 Å². The summed E-state index contributed by atoms with van der Waals surface area (Å²) in [5.74, 6) is -0.244. The van der Waals surface area contributed by atoms with Crippen LogP contribution in [0.5, 0.6) is 5.75 Å². The van der Waals surface area contributed by atoms with Crippen molar-refractivity contribution in [2.75, 3.05) is 0 Å². The lowest BCUT2D eigenvalue weighted by molar-refractivity contribution is 0.475. The molecule has 76 valence electrons. The molecule has 0 aromatic heterocycles. The summed E-state index contributed by atoms with van der Waals surface area (Å²) < 4.78 is 13.0. The van der Waals surface area contributed by atoms with Gasteiger partial charge < -0.3 is 5.11 Å². The molecule has 2 rings (SSSR count). The number of aryl methyl sites for hydroxylation is 1. The van der Waals surface area contributed by atoms with Crippen LogP contribution in [0.25, 0.3) is 11.1 Å². The van der Waals surface area contributed by atoms with Crippen molar-refractivity contribution in [1.29, 1.82) is 0 Å². The molecule has 0 aliphatic rings. The van der Waals surface area contributed by atoms with Gasteiger partial charge in [-0.15, -0.1) is 0 Å². The fourth-order valence-corrected chi connectivity index (χ4v) is 1.55. The third-order valence-electron chi connectivity index (χ3n) is 2.29. The van der Waals surface area contributed by atoms with Gasteiger partial charge >= 0.3 is 0 Å². The number of hydrogen-bond donors (Lipinski definition) is 1. The number of aromatic hydroxyl groups is 1. The lowest BCUT2D eigenvalue weighted by Crippen LogP contribution is -1.82. The highest BCUT2D eigenvalue weighted by Crippen LogP contribution is 2.29. The van der Waals surface area contributed by atoms with Gasteiger partial charge in [0.25, 0.3) is 0 Å². The molecule has 0 radical (unpaired) electrons. The van der Waals surface area contributed by atoms with E-state index < -0.39 is 0 Å². The van der Waals surface area contributed by atoms with Gasteiger partial charge in [-0.25, -0.2) is 4.39 Å². The summed E-state index contributed by atoms with van der Waals surface area (Å²) in [4.78, 5) is 0. The molecular weight excluding hydrogens is 191 g/mol. The van der Waals surface area contributed by atoms with E-state index >= 15 is 0 Å². The number of benzene rings is 2. The van der Waals surface area contributed by atoms with Crippen LogP contribution in [0.1, 0.15) is 5.56 Å². The van der Waals surface area contributed by atoms with E-state index in [1.807, 2.05) is 31.2 Å². The number of phenolic OH excluding ortho intramolecular Hbond substituents is 1. The monoisotopic (exact) mass is 202 g/mol. The van der Waals surface area contributed by atoms with E-state index in [1.54, 1.807) is 0 Å². The van der Waals surface area contributed by atoms with Crippen LogP contribution < -0.4 is 0 Å². The van der Waals surface area contributed by atoms with Gasteiger partial charge in [-0.3, -0.25) is 0 Å². The van der Waals surface area contributed by atoms with E-state index in [0.717, 1.165) is 11.1 Å². The van der Waals surface area contributed by atoms with E-state index in [-0.39, 0.29) is 11.6 Å². The molecule has 0 aliphatic carbocycles. The molecule has 0 atom stereocenters. The van der Waals surface area contributed by atoms with Gasteiger partial charge in [0, 0.05) is 5.56 Å². The summed E-state index contributed by atoms with van der Waals surface area (Å²) in [7, 11) is 0. The Balaban J connectivity index is 2.58. The lowest BCUT2D eigenvalue weighted by Gasteiger charge is -2.05. The molecule has 15 heavy (non-hydrogen) atoms. The largest absolute Gasteiger partial charge is 0.507 e. The van der Waals surface area contributed by atoms with Gasteiger partial charge in [-0.05, 0) is 30.7 Å². The van der Waals surface area contributed by atoms with Crippen molar-refractivity contribution in [2.24, 2.45) is 0 Å². The second-order valence-electron chi connectivity index (χ2n) is 3.53. The smallest absolute Gasteiger partial charge is 0.124 e. The van der Waals surface area contributed by atoms with Crippen molar-refractivity contribution in [3.05, 3.63) is 53.8 Å². The summed E-state index contributed by atoms with van der Waals surface area (Å²) in [6.45, 7) is 1.96. The summed E-state index contributed by atoms with van der Waals surface area (Å²) in [6.07, 6.45) is 0. The Kier molecular flexibility index (Phi) is 2.42. The molecular formula is C13H11FO. The molecule has 0 bridgehead atoms. The normalized spacial score (nSPS) is 10.3. The lowest BCUT2D eigenvalue weighted by atomic mass is 10.0. The minimum Gasteiger partial charge on any atom is -0.507 e. The predicted octanol–water partition coefficient (Wildman–Crippen LogP) is 3.51. The molecule has 0 spiro atoms. The highest BCUT2D eigenvalue weighted by Gasteiger charge is 2.05. The molecule has 1 N–H and O–H groups in total. The molecule has 0 aliphatic heterocycles. The Morgan fingerprint density at radius 3 is 2.60 bits per heavy atom. The molecule has 0 heterocycles. The van der Waals surface area contributed by atoms with Gasteiger partial charge in [0.05, 0.1) is 0 Å². The van der Waals surface area contributed by atoms with Gasteiger partial charge in [-0.2, -0.15) is 0 Å². The van der Waals surface area contributed by atoms with Gasteiger partial charge in [0.15, 0.2) is 0 Å². The van der Waals surface area contributed by atoms with Crippen LogP contribution in [0.3, 0.4) is 0 Å². The SMILES string of the molecule is Cc1cccc(-c2cc(F)ccc2O)c1. The molecule has 0 saturated carbocycles. The zero-order chi connectivity index (χ0) is 10.8. The summed E-state index contributed by atoms with van der Waals surface area (Å²) in [5, 5.41) is 9.61. The maximum Gasteiger partial charge on any atom is 0.124 e. The molecule has 0 fully saturated rings. The first kappa shape index (κ1) is 9.71. The minimum absolute atomic E-state index is 0.0991. The highest BCUT2D eigenvalue weighted by atomic mass is 19.1. The molecule has 0 amide bonds. The standard InChI is InChI=1S/C13H11FO/c1-9-3-2-4-10(7-9)12-8-11(14)5-6-13(12)15/h2-8,15H,1H3. The third-order valence-corrected chi connectivity index (χ3v) is 2.29. The van der Waals surface area contributed by atoms with E-state index in [4.69, 9.17) is 0 Å². The Labute approximate surface area is 87.8 Å². The molecule has 2 aromatic carbocycles. The minimum atomic E-state index is -0.343. The van der Waals surface area contributed by atoms with Crippen LogP contribution in [0.15, 0.2) is 42.5 Å². The Morgan fingerprint density at radius 2 is 1.87 bits per heavy atom. The van der Waals surface area contributed by atoms with Crippen LogP contribution in [0, 0.1) is 12.7 Å². The number of rotatable bonds is 1. The summed E-state index contributed by atoms with van der Waals surface area (Å²) in [6, 6.07) is 11.6. The zero-order valence-electron chi connectivity index (χ0n) is 8.37. The average molecular weight is 202 g/mol. The Hall–Kier alpha value is -1.83. The first-order valence-corrected chi connectivity index (χ1v) is 4.72. The fourth-order valence-electron chi connectivity index (χ4n) is 1.55. The Bertz CT molecular complexity index is 492. The number of phenols is 1. The number of hydrogen-bond acceptors (Lipinski definition) is 1. The van der Waals surface area contributed by atoms with Crippen LogP contribution in [-0.2, 0) is 0 Å². The van der Waals surface area contributed by atoms with Crippen molar-refractivity contribution in [3.63, 3.8) is 0 Å². The topological polar surface area (TPSA) is 20.2 Å².